The number of sulfonamides is 1. The minimum atomic E-state index is -3.48. The second-order valence-electron chi connectivity index (χ2n) is 6.35. The summed E-state index contributed by atoms with van der Waals surface area (Å²) in [5, 5.41) is 9.36. The molecule has 0 radical (unpaired) electrons. The van der Waals surface area contributed by atoms with Gasteiger partial charge in [0.2, 0.25) is 10.0 Å². The van der Waals surface area contributed by atoms with Crippen LogP contribution in [0.5, 0.6) is 0 Å². The molecule has 0 aromatic carbocycles. The molecule has 0 saturated carbocycles. The van der Waals surface area contributed by atoms with Gasteiger partial charge < -0.3 is 10.6 Å². The van der Waals surface area contributed by atoms with Crippen molar-refractivity contribution in [2.75, 3.05) is 20.1 Å². The highest BCUT2D eigenvalue weighted by Crippen LogP contribution is 2.24. The van der Waals surface area contributed by atoms with Crippen molar-refractivity contribution < 1.29 is 8.42 Å². The molecule has 3 N–H and O–H groups in total. The first-order valence-electron chi connectivity index (χ1n) is 8.68. The summed E-state index contributed by atoms with van der Waals surface area (Å²) in [7, 11) is -1.80. The van der Waals surface area contributed by atoms with Gasteiger partial charge in [-0.1, -0.05) is 13.8 Å². The van der Waals surface area contributed by atoms with Crippen molar-refractivity contribution in [1.82, 2.24) is 20.3 Å². The van der Waals surface area contributed by atoms with Crippen LogP contribution in [0.25, 0.3) is 0 Å². The Hall–Kier alpha value is -1.49. The van der Waals surface area contributed by atoms with Crippen LogP contribution in [-0.2, 0) is 16.6 Å². The smallest absolute Gasteiger partial charge is 0.241 e. The normalized spacial score (nSPS) is 12.6. The van der Waals surface area contributed by atoms with Crippen LogP contribution in [-0.4, -0.2) is 39.5 Å². The maximum atomic E-state index is 12.4. The second-order valence-corrected chi connectivity index (χ2v) is 10.5. The zero-order valence-corrected chi connectivity index (χ0v) is 18.7. The first-order valence-corrected chi connectivity index (χ1v) is 11.9. The third-order valence-electron chi connectivity index (χ3n) is 3.79. The van der Waals surface area contributed by atoms with Gasteiger partial charge in [-0.15, -0.1) is 22.7 Å². The van der Waals surface area contributed by atoms with Gasteiger partial charge in [-0.05, 0) is 25.8 Å². The van der Waals surface area contributed by atoms with Gasteiger partial charge in [0.15, 0.2) is 5.96 Å². The Balaban J connectivity index is 1.78. The second kappa shape index (κ2) is 9.63. The third-order valence-corrected chi connectivity index (χ3v) is 7.34. The monoisotopic (exact) mass is 429 g/mol. The molecule has 150 valence electrons. The van der Waals surface area contributed by atoms with Crippen molar-refractivity contribution in [3.63, 3.8) is 0 Å². The average Bonchev–Trinajstić information content (AvgIpc) is 3.21. The van der Waals surface area contributed by atoms with E-state index in [-0.39, 0.29) is 6.54 Å². The van der Waals surface area contributed by atoms with Crippen LogP contribution in [0.2, 0.25) is 0 Å². The Kier molecular flexibility index (Phi) is 7.78. The Bertz CT molecular complexity index is 884. The number of aliphatic imine (C=N–C) groups is 1. The van der Waals surface area contributed by atoms with Crippen LogP contribution in [0, 0.1) is 13.8 Å². The standard InChI is InChI=1S/C17H27N5O2S3/c1-11(2)14-10-25-16(22-14)9-20-17(18-5)19-6-7-21-27(23,24)15-8-12(3)26-13(15)4/h8,10-11,21H,6-7,9H2,1-5H3,(H2,18,19,20). The van der Waals surface area contributed by atoms with E-state index in [1.54, 1.807) is 24.5 Å². The highest BCUT2D eigenvalue weighted by molar-refractivity contribution is 7.89. The fourth-order valence-corrected chi connectivity index (χ4v) is 5.85. The molecule has 0 saturated heterocycles. The minimum absolute atomic E-state index is 0.270. The van der Waals surface area contributed by atoms with Gasteiger partial charge in [-0.25, -0.2) is 18.1 Å². The molecule has 0 aliphatic heterocycles. The summed E-state index contributed by atoms with van der Waals surface area (Å²) < 4.78 is 27.3. The van der Waals surface area contributed by atoms with E-state index in [0.29, 0.717) is 29.9 Å². The van der Waals surface area contributed by atoms with E-state index in [4.69, 9.17) is 0 Å². The largest absolute Gasteiger partial charge is 0.355 e. The first kappa shape index (κ1) is 21.8. The molecule has 2 aromatic rings. The van der Waals surface area contributed by atoms with Crippen molar-refractivity contribution >= 4 is 38.7 Å². The number of nitrogens with one attached hydrogen (secondary N) is 3. The number of hydrogen-bond donors (Lipinski definition) is 3. The molecule has 2 heterocycles. The highest BCUT2D eigenvalue weighted by Gasteiger charge is 2.18. The van der Waals surface area contributed by atoms with Crippen LogP contribution < -0.4 is 15.4 Å². The number of thiazole rings is 1. The first-order chi connectivity index (χ1) is 12.7. The SMILES string of the molecule is CN=C(NCCNS(=O)(=O)c1cc(C)sc1C)NCc1nc(C(C)C)cs1. The van der Waals surface area contributed by atoms with Crippen molar-refractivity contribution in [3.8, 4) is 0 Å². The summed E-state index contributed by atoms with van der Waals surface area (Å²) in [5.74, 6) is 1.02. The Morgan fingerprint density at radius 3 is 2.56 bits per heavy atom. The predicted octanol–water partition coefficient (Wildman–Crippen LogP) is 2.59. The Morgan fingerprint density at radius 2 is 2.00 bits per heavy atom. The van der Waals surface area contributed by atoms with Gasteiger partial charge in [0.1, 0.15) is 5.01 Å². The lowest BCUT2D eigenvalue weighted by Gasteiger charge is -2.11. The van der Waals surface area contributed by atoms with Gasteiger partial charge in [0.05, 0.1) is 17.1 Å². The van der Waals surface area contributed by atoms with Crippen molar-refractivity contribution in [1.29, 1.82) is 0 Å². The summed E-state index contributed by atoms with van der Waals surface area (Å²) >= 11 is 3.10. The van der Waals surface area contributed by atoms with E-state index in [2.05, 4.69) is 44.6 Å². The molecule has 0 atom stereocenters. The van der Waals surface area contributed by atoms with Crippen LogP contribution >= 0.6 is 22.7 Å². The average molecular weight is 430 g/mol. The molecular formula is C17H27N5O2S3. The molecule has 0 aliphatic rings. The van der Waals surface area contributed by atoms with Gasteiger partial charge >= 0.3 is 0 Å². The molecule has 2 aromatic heterocycles. The molecular weight excluding hydrogens is 402 g/mol. The molecule has 0 bridgehead atoms. The summed E-state index contributed by atoms with van der Waals surface area (Å²) in [4.78, 5) is 10.9. The number of rotatable bonds is 8. The number of aromatic nitrogens is 1. The molecule has 2 rings (SSSR count). The predicted molar refractivity (Wildman–Crippen MR) is 113 cm³/mol. The van der Waals surface area contributed by atoms with E-state index < -0.39 is 10.0 Å². The van der Waals surface area contributed by atoms with Crippen LogP contribution in [0.1, 0.15) is 40.2 Å². The Labute approximate surface area is 169 Å². The lowest BCUT2D eigenvalue weighted by molar-refractivity contribution is 0.580. The summed E-state index contributed by atoms with van der Waals surface area (Å²) in [5.41, 5.74) is 1.09. The van der Waals surface area contributed by atoms with E-state index in [1.165, 1.54) is 11.3 Å². The van der Waals surface area contributed by atoms with Gasteiger partial charge in [-0.2, -0.15) is 0 Å². The van der Waals surface area contributed by atoms with Crippen molar-refractivity contribution in [2.45, 2.75) is 45.1 Å². The quantitative estimate of drug-likeness (QED) is 0.341. The van der Waals surface area contributed by atoms with Crippen LogP contribution in [0.4, 0.5) is 0 Å². The molecule has 7 nitrogen and oxygen atoms in total. The molecule has 0 unspecified atom stereocenters. The zero-order valence-electron chi connectivity index (χ0n) is 16.3. The molecule has 27 heavy (non-hydrogen) atoms. The van der Waals surface area contributed by atoms with E-state index >= 15 is 0 Å². The summed E-state index contributed by atoms with van der Waals surface area (Å²) in [6, 6.07) is 1.70. The Morgan fingerprint density at radius 1 is 1.26 bits per heavy atom. The fourth-order valence-electron chi connectivity index (χ4n) is 2.37. The lowest BCUT2D eigenvalue weighted by atomic mass is 10.2. The molecule has 0 fully saturated rings. The molecule has 10 heteroatoms. The highest BCUT2D eigenvalue weighted by atomic mass is 32.2. The number of aryl methyl sites for hydroxylation is 2. The molecule has 0 aliphatic carbocycles. The van der Waals surface area contributed by atoms with Gasteiger partial charge in [-0.3, -0.25) is 4.99 Å². The topological polar surface area (TPSA) is 95.5 Å². The summed E-state index contributed by atoms with van der Waals surface area (Å²) in [6.07, 6.45) is 0. The number of hydrogen-bond acceptors (Lipinski definition) is 6. The fraction of sp³-hybridized carbons (Fsp3) is 0.529. The maximum Gasteiger partial charge on any atom is 0.241 e. The van der Waals surface area contributed by atoms with Gasteiger partial charge in [0.25, 0.3) is 0 Å². The summed E-state index contributed by atoms with van der Waals surface area (Å²) in [6.45, 7) is 9.23. The van der Waals surface area contributed by atoms with Crippen LogP contribution in [0.3, 0.4) is 0 Å². The van der Waals surface area contributed by atoms with E-state index in [0.717, 1.165) is 20.5 Å². The van der Waals surface area contributed by atoms with Crippen molar-refractivity contribution in [3.05, 3.63) is 31.9 Å². The van der Waals surface area contributed by atoms with E-state index in [9.17, 15) is 8.42 Å². The van der Waals surface area contributed by atoms with Crippen molar-refractivity contribution in [2.24, 2.45) is 4.99 Å². The minimum Gasteiger partial charge on any atom is -0.355 e. The maximum absolute atomic E-state index is 12.4. The van der Waals surface area contributed by atoms with Crippen LogP contribution in [0.15, 0.2) is 21.3 Å². The lowest BCUT2D eigenvalue weighted by Crippen LogP contribution is -2.41. The number of guanidine groups is 1. The molecule has 0 amide bonds. The number of nitrogens with zero attached hydrogens (tertiary/aromatic N) is 2. The van der Waals surface area contributed by atoms with Gasteiger partial charge in [0, 0.05) is 35.3 Å². The van der Waals surface area contributed by atoms with E-state index in [1.807, 2.05) is 13.8 Å². The zero-order chi connectivity index (χ0) is 20.0. The number of thiophene rings is 1. The third kappa shape index (κ3) is 6.27. The molecule has 0 spiro atoms.